The van der Waals surface area contributed by atoms with Crippen LogP contribution >= 0.6 is 27.5 Å². The second kappa shape index (κ2) is 6.17. The Balaban J connectivity index is 2.51. The SMILES string of the molecule is COC(=O)c1nc(-c2cccc(Cl)c2)ccc1CBr. The first-order valence-electron chi connectivity index (χ1n) is 5.56. The van der Waals surface area contributed by atoms with Gasteiger partial charge in [-0.2, -0.15) is 0 Å². The summed E-state index contributed by atoms with van der Waals surface area (Å²) in [5.41, 5.74) is 2.65. The highest BCUT2D eigenvalue weighted by Gasteiger charge is 2.14. The van der Waals surface area contributed by atoms with E-state index >= 15 is 0 Å². The van der Waals surface area contributed by atoms with E-state index in [0.29, 0.717) is 21.7 Å². The normalized spacial score (nSPS) is 10.3. The highest BCUT2D eigenvalue weighted by atomic mass is 79.9. The molecule has 98 valence electrons. The van der Waals surface area contributed by atoms with Crippen molar-refractivity contribution in [1.29, 1.82) is 0 Å². The average molecular weight is 341 g/mol. The van der Waals surface area contributed by atoms with Crippen molar-refractivity contribution in [2.75, 3.05) is 7.11 Å². The zero-order valence-electron chi connectivity index (χ0n) is 10.2. The lowest BCUT2D eigenvalue weighted by Crippen LogP contribution is -2.08. The zero-order valence-corrected chi connectivity index (χ0v) is 12.5. The van der Waals surface area contributed by atoms with E-state index in [1.54, 1.807) is 12.1 Å². The molecule has 0 saturated carbocycles. The van der Waals surface area contributed by atoms with Crippen LogP contribution in [0.4, 0.5) is 0 Å². The number of pyridine rings is 1. The van der Waals surface area contributed by atoms with Crippen LogP contribution in [0.1, 0.15) is 16.1 Å². The quantitative estimate of drug-likeness (QED) is 0.624. The number of rotatable bonds is 3. The van der Waals surface area contributed by atoms with E-state index in [1.165, 1.54) is 7.11 Å². The third kappa shape index (κ3) is 3.14. The lowest BCUT2D eigenvalue weighted by atomic mass is 10.1. The molecule has 0 radical (unpaired) electrons. The molecule has 0 atom stereocenters. The first-order valence-corrected chi connectivity index (χ1v) is 7.05. The summed E-state index contributed by atoms with van der Waals surface area (Å²) in [7, 11) is 1.34. The molecule has 3 nitrogen and oxygen atoms in total. The lowest BCUT2D eigenvalue weighted by Gasteiger charge is -2.08. The Hall–Kier alpha value is -1.39. The molecule has 19 heavy (non-hydrogen) atoms. The molecule has 1 heterocycles. The van der Waals surface area contributed by atoms with Crippen LogP contribution in [0.2, 0.25) is 5.02 Å². The van der Waals surface area contributed by atoms with Gasteiger partial charge in [0.05, 0.1) is 12.8 Å². The van der Waals surface area contributed by atoms with Gasteiger partial charge in [-0.05, 0) is 23.8 Å². The fourth-order valence-corrected chi connectivity index (χ4v) is 2.32. The highest BCUT2D eigenvalue weighted by Crippen LogP contribution is 2.23. The third-order valence-electron chi connectivity index (χ3n) is 2.62. The fourth-order valence-electron chi connectivity index (χ4n) is 1.68. The van der Waals surface area contributed by atoms with Gasteiger partial charge in [-0.15, -0.1) is 0 Å². The van der Waals surface area contributed by atoms with Crippen molar-refractivity contribution in [3.8, 4) is 11.3 Å². The number of esters is 1. The standard InChI is InChI=1S/C14H11BrClNO2/c1-19-14(18)13-10(8-15)5-6-12(17-13)9-3-2-4-11(16)7-9/h2-7H,8H2,1H3. The van der Waals surface area contributed by atoms with Crippen LogP contribution in [-0.4, -0.2) is 18.1 Å². The van der Waals surface area contributed by atoms with E-state index in [1.807, 2.05) is 24.3 Å². The Kier molecular flexibility index (Phi) is 4.56. The minimum atomic E-state index is -0.446. The predicted octanol–water partition coefficient (Wildman–Crippen LogP) is 4.08. The molecule has 2 aromatic rings. The molecule has 0 bridgehead atoms. The van der Waals surface area contributed by atoms with Crippen molar-refractivity contribution in [3.63, 3.8) is 0 Å². The number of alkyl halides is 1. The summed E-state index contributed by atoms with van der Waals surface area (Å²) in [5, 5.41) is 1.17. The van der Waals surface area contributed by atoms with Gasteiger partial charge in [0, 0.05) is 15.9 Å². The number of benzene rings is 1. The molecular formula is C14H11BrClNO2. The summed E-state index contributed by atoms with van der Waals surface area (Å²) < 4.78 is 4.75. The molecule has 0 amide bonds. The maximum absolute atomic E-state index is 11.7. The van der Waals surface area contributed by atoms with Gasteiger partial charge in [0.1, 0.15) is 0 Å². The molecule has 0 aliphatic heterocycles. The van der Waals surface area contributed by atoms with Crippen molar-refractivity contribution in [1.82, 2.24) is 4.98 Å². The molecular weight excluding hydrogens is 330 g/mol. The minimum Gasteiger partial charge on any atom is -0.464 e. The lowest BCUT2D eigenvalue weighted by molar-refractivity contribution is 0.0593. The van der Waals surface area contributed by atoms with Gasteiger partial charge in [-0.1, -0.05) is 45.7 Å². The van der Waals surface area contributed by atoms with Crippen LogP contribution in [0.5, 0.6) is 0 Å². The van der Waals surface area contributed by atoms with E-state index in [9.17, 15) is 4.79 Å². The highest BCUT2D eigenvalue weighted by molar-refractivity contribution is 9.08. The molecule has 0 aliphatic carbocycles. The summed E-state index contributed by atoms with van der Waals surface area (Å²) in [6.07, 6.45) is 0. The van der Waals surface area contributed by atoms with E-state index in [0.717, 1.165) is 11.1 Å². The van der Waals surface area contributed by atoms with Crippen LogP contribution in [0.25, 0.3) is 11.3 Å². The summed E-state index contributed by atoms with van der Waals surface area (Å²) in [6, 6.07) is 11.0. The molecule has 0 unspecified atom stereocenters. The number of methoxy groups -OCH3 is 1. The largest absolute Gasteiger partial charge is 0.464 e. The van der Waals surface area contributed by atoms with Gasteiger partial charge in [-0.3, -0.25) is 0 Å². The third-order valence-corrected chi connectivity index (χ3v) is 3.46. The molecule has 0 aliphatic rings. The van der Waals surface area contributed by atoms with Crippen LogP contribution in [0.3, 0.4) is 0 Å². The summed E-state index contributed by atoms with van der Waals surface area (Å²) in [4.78, 5) is 16.1. The second-order valence-electron chi connectivity index (χ2n) is 3.84. The molecule has 1 aromatic carbocycles. The smallest absolute Gasteiger partial charge is 0.356 e. The summed E-state index contributed by atoms with van der Waals surface area (Å²) >= 11 is 9.29. The van der Waals surface area contributed by atoms with Gasteiger partial charge in [0.2, 0.25) is 0 Å². The van der Waals surface area contributed by atoms with Gasteiger partial charge < -0.3 is 4.74 Å². The molecule has 0 saturated heterocycles. The average Bonchev–Trinajstić information content (AvgIpc) is 2.45. The number of hydrogen-bond acceptors (Lipinski definition) is 3. The monoisotopic (exact) mass is 339 g/mol. The number of nitrogens with zero attached hydrogens (tertiary/aromatic N) is 1. The number of hydrogen-bond donors (Lipinski definition) is 0. The molecule has 0 N–H and O–H groups in total. The van der Waals surface area contributed by atoms with Gasteiger partial charge in [0.15, 0.2) is 5.69 Å². The number of ether oxygens (including phenoxy) is 1. The van der Waals surface area contributed by atoms with Crippen LogP contribution in [0, 0.1) is 0 Å². The van der Waals surface area contributed by atoms with Crippen molar-refractivity contribution < 1.29 is 9.53 Å². The predicted molar refractivity (Wildman–Crippen MR) is 78.7 cm³/mol. The van der Waals surface area contributed by atoms with Crippen LogP contribution < -0.4 is 0 Å². The number of carbonyl (C=O) groups is 1. The van der Waals surface area contributed by atoms with Crippen LogP contribution in [-0.2, 0) is 10.1 Å². The van der Waals surface area contributed by atoms with E-state index in [-0.39, 0.29) is 0 Å². The maximum Gasteiger partial charge on any atom is 0.356 e. The topological polar surface area (TPSA) is 39.2 Å². The van der Waals surface area contributed by atoms with Crippen molar-refractivity contribution in [2.45, 2.75) is 5.33 Å². The van der Waals surface area contributed by atoms with Crippen molar-refractivity contribution >= 4 is 33.5 Å². The van der Waals surface area contributed by atoms with Crippen LogP contribution in [0.15, 0.2) is 36.4 Å². The first-order chi connectivity index (χ1) is 9.15. The Bertz CT molecular complexity index is 616. The summed E-state index contributed by atoms with van der Waals surface area (Å²) in [5.74, 6) is -0.446. The number of halogens is 2. The van der Waals surface area contributed by atoms with Crippen molar-refractivity contribution in [2.24, 2.45) is 0 Å². The first kappa shape index (κ1) is 14.0. The van der Waals surface area contributed by atoms with Gasteiger partial charge in [0.25, 0.3) is 0 Å². The Morgan fingerprint density at radius 3 is 2.79 bits per heavy atom. The maximum atomic E-state index is 11.7. The molecule has 2 rings (SSSR count). The van der Waals surface area contributed by atoms with E-state index in [2.05, 4.69) is 20.9 Å². The van der Waals surface area contributed by atoms with Crippen molar-refractivity contribution in [3.05, 3.63) is 52.7 Å². The molecule has 0 spiro atoms. The molecule has 0 fully saturated rings. The number of aromatic nitrogens is 1. The fraction of sp³-hybridized carbons (Fsp3) is 0.143. The Morgan fingerprint density at radius 2 is 2.16 bits per heavy atom. The minimum absolute atomic E-state index is 0.317. The van der Waals surface area contributed by atoms with E-state index in [4.69, 9.17) is 16.3 Å². The summed E-state index contributed by atoms with van der Waals surface area (Å²) in [6.45, 7) is 0. The number of carbonyl (C=O) groups excluding carboxylic acids is 1. The molecule has 5 heteroatoms. The second-order valence-corrected chi connectivity index (χ2v) is 4.84. The van der Waals surface area contributed by atoms with Gasteiger partial charge in [-0.25, -0.2) is 9.78 Å². The zero-order chi connectivity index (χ0) is 13.8. The van der Waals surface area contributed by atoms with E-state index < -0.39 is 5.97 Å². The van der Waals surface area contributed by atoms with Gasteiger partial charge >= 0.3 is 5.97 Å². The Morgan fingerprint density at radius 1 is 1.37 bits per heavy atom. The Labute approximate surface area is 124 Å². The molecule has 1 aromatic heterocycles.